The van der Waals surface area contributed by atoms with Crippen LogP contribution >= 0.6 is 0 Å². The first-order valence-electron chi connectivity index (χ1n) is 18.9. The predicted molar refractivity (Wildman–Crippen MR) is 206 cm³/mol. The van der Waals surface area contributed by atoms with E-state index in [4.69, 9.17) is 28.4 Å². The molecule has 8 heteroatoms. The standard InChI is InChI=1S/C42H59NO7/c1-8-12-16-20-47-36-25-31-30(24-35(36)45-6)32-26-37(48-21-17-13-9-2)38(49-22-18-14-10-3)27-33(32)40-34(31)28-39(50-23-19-15-11-4)42(46-7)41(40)43-29(5)44/h24-28H,8-23H2,1-7H3,(H,43,44). The van der Waals surface area contributed by atoms with Crippen LogP contribution in [0.15, 0.2) is 30.3 Å². The van der Waals surface area contributed by atoms with Gasteiger partial charge in [0.2, 0.25) is 5.91 Å². The number of anilines is 1. The van der Waals surface area contributed by atoms with Crippen molar-refractivity contribution in [2.24, 2.45) is 0 Å². The van der Waals surface area contributed by atoms with Gasteiger partial charge in [-0.1, -0.05) is 79.1 Å². The molecule has 1 N–H and O–H groups in total. The Labute approximate surface area is 299 Å². The number of hydrogen-bond donors (Lipinski definition) is 1. The van der Waals surface area contributed by atoms with Gasteiger partial charge in [0.25, 0.3) is 0 Å². The largest absolute Gasteiger partial charge is 0.493 e. The van der Waals surface area contributed by atoms with Crippen molar-refractivity contribution in [3.63, 3.8) is 0 Å². The third-order valence-corrected chi connectivity index (χ3v) is 9.01. The highest BCUT2D eigenvalue weighted by molar-refractivity contribution is 6.30. The number of ether oxygens (including phenoxy) is 6. The molecular formula is C42H59NO7. The van der Waals surface area contributed by atoms with Crippen LogP contribution in [0.1, 0.15) is 112 Å². The topological polar surface area (TPSA) is 84.5 Å². The minimum absolute atomic E-state index is 0.206. The lowest BCUT2D eigenvalue weighted by molar-refractivity contribution is -0.114. The van der Waals surface area contributed by atoms with Crippen molar-refractivity contribution in [3.8, 4) is 34.5 Å². The summed E-state index contributed by atoms with van der Waals surface area (Å²) in [6.45, 7) is 12.5. The molecule has 4 rings (SSSR count). The quantitative estimate of drug-likeness (QED) is 0.0613. The number of benzene rings is 4. The summed E-state index contributed by atoms with van der Waals surface area (Å²) in [6, 6.07) is 10.3. The van der Waals surface area contributed by atoms with E-state index in [9.17, 15) is 4.79 Å². The van der Waals surface area contributed by atoms with Crippen LogP contribution in [0.5, 0.6) is 34.5 Å². The Morgan fingerprint density at radius 1 is 0.500 bits per heavy atom. The summed E-state index contributed by atoms with van der Waals surface area (Å²) in [4.78, 5) is 12.9. The summed E-state index contributed by atoms with van der Waals surface area (Å²) in [7, 11) is 3.29. The van der Waals surface area contributed by atoms with Gasteiger partial charge in [0, 0.05) is 12.3 Å². The second-order valence-electron chi connectivity index (χ2n) is 13.0. The number of carbonyl (C=O) groups excluding carboxylic acids is 1. The molecule has 0 radical (unpaired) electrons. The molecule has 0 fully saturated rings. The van der Waals surface area contributed by atoms with Crippen LogP contribution in [0.25, 0.3) is 32.3 Å². The highest BCUT2D eigenvalue weighted by atomic mass is 16.5. The first-order valence-corrected chi connectivity index (χ1v) is 18.9. The van der Waals surface area contributed by atoms with E-state index in [1.165, 1.54) is 6.92 Å². The van der Waals surface area contributed by atoms with Gasteiger partial charge in [-0.25, -0.2) is 0 Å². The fourth-order valence-corrected chi connectivity index (χ4v) is 6.37. The van der Waals surface area contributed by atoms with Crippen LogP contribution in [0.2, 0.25) is 0 Å². The van der Waals surface area contributed by atoms with Crippen molar-refractivity contribution in [2.75, 3.05) is 46.0 Å². The lowest BCUT2D eigenvalue weighted by Crippen LogP contribution is -2.10. The zero-order chi connectivity index (χ0) is 35.9. The fourth-order valence-electron chi connectivity index (χ4n) is 6.37. The zero-order valence-corrected chi connectivity index (χ0v) is 31.6. The van der Waals surface area contributed by atoms with Crippen molar-refractivity contribution in [1.82, 2.24) is 0 Å². The molecule has 4 aromatic carbocycles. The molecule has 4 aromatic rings. The third kappa shape index (κ3) is 9.58. The number of rotatable bonds is 23. The Bertz CT molecular complexity index is 1680. The van der Waals surface area contributed by atoms with E-state index in [-0.39, 0.29) is 5.91 Å². The molecule has 0 atom stereocenters. The van der Waals surface area contributed by atoms with E-state index < -0.39 is 0 Å². The first kappa shape index (κ1) is 38.7. The van der Waals surface area contributed by atoms with Crippen molar-refractivity contribution >= 4 is 43.9 Å². The summed E-state index contributed by atoms with van der Waals surface area (Å²) in [6.07, 6.45) is 12.5. The SMILES string of the molecule is CCCCCOc1cc2c(cc1OC)c1cc(OCCCCC)c(OCCCCC)cc1c1c(NC(C)=O)c(OC)c(OCCCCC)cc21. The van der Waals surface area contributed by atoms with Crippen molar-refractivity contribution < 1.29 is 33.2 Å². The Morgan fingerprint density at radius 2 is 0.860 bits per heavy atom. The van der Waals surface area contributed by atoms with E-state index >= 15 is 0 Å². The summed E-state index contributed by atoms with van der Waals surface area (Å²) >= 11 is 0. The minimum Gasteiger partial charge on any atom is -0.493 e. The first-order chi connectivity index (χ1) is 24.4. The average molecular weight is 690 g/mol. The molecule has 0 bridgehead atoms. The molecule has 274 valence electrons. The van der Waals surface area contributed by atoms with Gasteiger partial charge in [-0.3, -0.25) is 4.79 Å². The molecular weight excluding hydrogens is 630 g/mol. The van der Waals surface area contributed by atoms with Crippen LogP contribution in [-0.2, 0) is 4.79 Å². The molecule has 0 heterocycles. The van der Waals surface area contributed by atoms with Gasteiger partial charge in [-0.15, -0.1) is 0 Å². The monoisotopic (exact) mass is 689 g/mol. The van der Waals surface area contributed by atoms with Crippen molar-refractivity contribution in [3.05, 3.63) is 30.3 Å². The lowest BCUT2D eigenvalue weighted by atomic mass is 9.91. The molecule has 0 spiro atoms. The third-order valence-electron chi connectivity index (χ3n) is 9.01. The Balaban J connectivity index is 2.10. The highest BCUT2D eigenvalue weighted by Gasteiger charge is 2.24. The highest BCUT2D eigenvalue weighted by Crippen LogP contribution is 2.51. The maximum absolute atomic E-state index is 12.9. The average Bonchev–Trinajstić information content (AvgIpc) is 3.11. The van der Waals surface area contributed by atoms with Crippen LogP contribution in [0, 0.1) is 0 Å². The molecule has 0 aliphatic rings. The molecule has 1 amide bonds. The number of carbonyl (C=O) groups is 1. The second-order valence-corrected chi connectivity index (χ2v) is 13.0. The Hall–Kier alpha value is -4.07. The van der Waals surface area contributed by atoms with Gasteiger partial charge >= 0.3 is 0 Å². The van der Waals surface area contributed by atoms with Gasteiger partial charge in [-0.2, -0.15) is 0 Å². The fraction of sp³-hybridized carbons (Fsp3) is 0.548. The van der Waals surface area contributed by atoms with Crippen LogP contribution in [0.4, 0.5) is 5.69 Å². The van der Waals surface area contributed by atoms with Gasteiger partial charge in [0.1, 0.15) is 0 Å². The minimum atomic E-state index is -0.206. The number of methoxy groups -OCH3 is 2. The Morgan fingerprint density at radius 3 is 1.26 bits per heavy atom. The number of unbranched alkanes of at least 4 members (excludes halogenated alkanes) is 8. The van der Waals surface area contributed by atoms with E-state index in [1.807, 2.05) is 6.07 Å². The molecule has 50 heavy (non-hydrogen) atoms. The molecule has 0 saturated heterocycles. The normalized spacial score (nSPS) is 11.3. The van der Waals surface area contributed by atoms with E-state index in [0.29, 0.717) is 66.6 Å². The number of nitrogens with one attached hydrogen (secondary N) is 1. The van der Waals surface area contributed by atoms with Gasteiger partial charge in [-0.05, 0) is 82.9 Å². The molecule has 0 aromatic heterocycles. The maximum Gasteiger partial charge on any atom is 0.221 e. The molecule has 0 saturated carbocycles. The van der Waals surface area contributed by atoms with Gasteiger partial charge in [0.15, 0.2) is 34.5 Å². The smallest absolute Gasteiger partial charge is 0.221 e. The van der Waals surface area contributed by atoms with Crippen LogP contribution in [0.3, 0.4) is 0 Å². The Kier molecular flexibility index (Phi) is 15.5. The summed E-state index contributed by atoms with van der Waals surface area (Å²) < 4.78 is 37.6. The van der Waals surface area contributed by atoms with Gasteiger partial charge in [0.05, 0.1) is 46.3 Å². The summed E-state index contributed by atoms with van der Waals surface area (Å²) in [5, 5.41) is 8.61. The van der Waals surface area contributed by atoms with Crippen LogP contribution in [-0.4, -0.2) is 46.6 Å². The predicted octanol–water partition coefficient (Wildman–Crippen LogP) is 11.4. The van der Waals surface area contributed by atoms with Gasteiger partial charge < -0.3 is 33.7 Å². The summed E-state index contributed by atoms with van der Waals surface area (Å²) in [5.74, 6) is 3.57. The summed E-state index contributed by atoms with van der Waals surface area (Å²) in [5.41, 5.74) is 0.560. The lowest BCUT2D eigenvalue weighted by Gasteiger charge is -2.22. The number of amides is 1. The number of fused-ring (bicyclic) bond motifs is 6. The molecule has 0 unspecified atom stereocenters. The van der Waals surface area contributed by atoms with E-state index in [0.717, 1.165) is 109 Å². The van der Waals surface area contributed by atoms with E-state index in [1.54, 1.807) is 14.2 Å². The molecule has 0 aliphatic heterocycles. The van der Waals surface area contributed by atoms with E-state index in [2.05, 4.69) is 57.3 Å². The van der Waals surface area contributed by atoms with Crippen molar-refractivity contribution in [2.45, 2.75) is 112 Å². The molecule has 8 nitrogen and oxygen atoms in total. The van der Waals surface area contributed by atoms with Crippen LogP contribution < -0.4 is 33.7 Å². The second kappa shape index (κ2) is 19.9. The molecule has 0 aliphatic carbocycles. The van der Waals surface area contributed by atoms with Crippen molar-refractivity contribution in [1.29, 1.82) is 0 Å². The maximum atomic E-state index is 12.9. The number of hydrogen-bond acceptors (Lipinski definition) is 7. The zero-order valence-electron chi connectivity index (χ0n) is 31.6.